The molecule has 0 spiro atoms. The zero-order valence-electron chi connectivity index (χ0n) is 10.9. The smallest absolute Gasteiger partial charge is 0.0998 e. The van der Waals surface area contributed by atoms with Crippen LogP contribution >= 0.6 is 27.5 Å². The Morgan fingerprint density at radius 3 is 2.81 bits per heavy atom. The number of halogens is 2. The minimum Gasteiger partial charge on any atom is -0.361 e. The molecule has 0 aliphatic rings. The fourth-order valence-electron chi connectivity index (χ4n) is 2.24. The van der Waals surface area contributed by atoms with Crippen molar-refractivity contribution in [2.75, 3.05) is 0 Å². The van der Waals surface area contributed by atoms with Gasteiger partial charge in [-0.3, -0.25) is 0 Å². The van der Waals surface area contributed by atoms with E-state index >= 15 is 0 Å². The highest BCUT2D eigenvalue weighted by Gasteiger charge is 2.08. The van der Waals surface area contributed by atoms with Gasteiger partial charge in [0.05, 0.1) is 11.6 Å². The first-order valence-corrected chi connectivity index (χ1v) is 7.49. The fraction of sp³-hybridized carbons (Fsp3) is 0. The Kier molecular flexibility index (Phi) is 3.83. The summed E-state index contributed by atoms with van der Waals surface area (Å²) in [6.45, 7) is 0. The van der Waals surface area contributed by atoms with Crippen molar-refractivity contribution in [3.05, 3.63) is 69.3 Å². The van der Waals surface area contributed by atoms with Crippen molar-refractivity contribution < 1.29 is 0 Å². The van der Waals surface area contributed by atoms with E-state index in [1.807, 2.05) is 48.7 Å². The van der Waals surface area contributed by atoms with Crippen LogP contribution in [0.15, 0.2) is 53.1 Å². The minimum atomic E-state index is 0.543. The maximum Gasteiger partial charge on any atom is 0.0998 e. The molecule has 4 heteroatoms. The zero-order valence-corrected chi connectivity index (χ0v) is 13.2. The highest BCUT2D eigenvalue weighted by Crippen LogP contribution is 2.29. The number of fused-ring (bicyclic) bond motifs is 1. The summed E-state index contributed by atoms with van der Waals surface area (Å²) in [4.78, 5) is 3.20. The number of aromatic nitrogens is 1. The van der Waals surface area contributed by atoms with E-state index in [4.69, 9.17) is 11.6 Å². The third-order valence-electron chi connectivity index (χ3n) is 3.26. The highest BCUT2D eigenvalue weighted by molar-refractivity contribution is 9.10. The molecule has 0 fully saturated rings. The van der Waals surface area contributed by atoms with Gasteiger partial charge in [0.15, 0.2) is 0 Å². The number of hydrogen-bond donors (Lipinski definition) is 1. The summed E-state index contributed by atoms with van der Waals surface area (Å²) < 4.78 is 1.00. The van der Waals surface area contributed by atoms with Crippen LogP contribution in [0.1, 0.15) is 11.1 Å². The van der Waals surface area contributed by atoms with Gasteiger partial charge in [0, 0.05) is 37.7 Å². The largest absolute Gasteiger partial charge is 0.361 e. The number of H-pyrrole nitrogens is 1. The molecule has 1 heterocycles. The Balaban J connectivity index is 2.16. The Morgan fingerprint density at radius 1 is 1.24 bits per heavy atom. The second-order valence-corrected chi connectivity index (χ2v) is 5.91. The molecule has 102 valence electrons. The molecule has 21 heavy (non-hydrogen) atoms. The Labute approximate surface area is 135 Å². The molecule has 1 N–H and O–H groups in total. The van der Waals surface area contributed by atoms with Crippen LogP contribution in [0.25, 0.3) is 22.6 Å². The molecule has 0 aliphatic carbocycles. The SMILES string of the molecule is N#CC(=Cc1c[nH]c2ccc(Br)cc12)c1ccccc1Cl. The van der Waals surface area contributed by atoms with Gasteiger partial charge in [-0.05, 0) is 30.3 Å². The van der Waals surface area contributed by atoms with Crippen LogP contribution in [0.3, 0.4) is 0 Å². The number of rotatable bonds is 2. The molecule has 0 radical (unpaired) electrons. The van der Waals surface area contributed by atoms with E-state index in [0.717, 1.165) is 26.5 Å². The molecule has 0 bridgehead atoms. The highest BCUT2D eigenvalue weighted by atomic mass is 79.9. The molecule has 0 aliphatic heterocycles. The van der Waals surface area contributed by atoms with E-state index < -0.39 is 0 Å². The van der Waals surface area contributed by atoms with E-state index in [1.54, 1.807) is 6.07 Å². The molecule has 2 aromatic carbocycles. The maximum atomic E-state index is 9.43. The molecule has 0 unspecified atom stereocenters. The van der Waals surface area contributed by atoms with Crippen molar-refractivity contribution in [3.8, 4) is 6.07 Å². The van der Waals surface area contributed by atoms with Crippen molar-refractivity contribution in [2.24, 2.45) is 0 Å². The molecule has 3 rings (SSSR count). The predicted molar refractivity (Wildman–Crippen MR) is 90.9 cm³/mol. The first kappa shape index (κ1) is 13.9. The normalized spacial score (nSPS) is 11.6. The lowest BCUT2D eigenvalue weighted by molar-refractivity contribution is 1.47. The van der Waals surface area contributed by atoms with Gasteiger partial charge in [0.2, 0.25) is 0 Å². The standard InChI is InChI=1S/C17H10BrClN2/c18-13-5-6-17-15(8-13)12(10-21-17)7-11(9-20)14-3-1-2-4-16(14)19/h1-8,10,21H. The summed E-state index contributed by atoms with van der Waals surface area (Å²) in [5, 5.41) is 11.1. The number of benzene rings is 2. The number of aromatic amines is 1. The fourth-order valence-corrected chi connectivity index (χ4v) is 2.84. The van der Waals surface area contributed by atoms with E-state index in [0.29, 0.717) is 10.6 Å². The predicted octanol–water partition coefficient (Wildman–Crippen LogP) is 5.65. The molecule has 0 saturated carbocycles. The van der Waals surface area contributed by atoms with E-state index in [-0.39, 0.29) is 0 Å². The van der Waals surface area contributed by atoms with Crippen molar-refractivity contribution in [3.63, 3.8) is 0 Å². The molecule has 0 atom stereocenters. The van der Waals surface area contributed by atoms with Crippen LogP contribution in [-0.2, 0) is 0 Å². The molecule has 0 amide bonds. The van der Waals surface area contributed by atoms with Crippen molar-refractivity contribution in [1.82, 2.24) is 4.98 Å². The van der Waals surface area contributed by atoms with Crippen molar-refractivity contribution >= 4 is 50.1 Å². The summed E-state index contributed by atoms with van der Waals surface area (Å²) in [5.74, 6) is 0. The van der Waals surface area contributed by atoms with E-state index in [9.17, 15) is 5.26 Å². The van der Waals surface area contributed by atoms with Crippen LogP contribution in [-0.4, -0.2) is 4.98 Å². The van der Waals surface area contributed by atoms with E-state index in [1.165, 1.54) is 0 Å². The van der Waals surface area contributed by atoms with Crippen molar-refractivity contribution in [2.45, 2.75) is 0 Å². The Morgan fingerprint density at radius 2 is 2.05 bits per heavy atom. The van der Waals surface area contributed by atoms with Gasteiger partial charge in [0.1, 0.15) is 0 Å². The van der Waals surface area contributed by atoms with E-state index in [2.05, 4.69) is 27.0 Å². The third kappa shape index (κ3) is 2.73. The Bertz CT molecular complexity index is 887. The second kappa shape index (κ2) is 5.77. The van der Waals surface area contributed by atoms with Gasteiger partial charge >= 0.3 is 0 Å². The van der Waals surface area contributed by atoms with Crippen molar-refractivity contribution in [1.29, 1.82) is 5.26 Å². The molecular formula is C17H10BrClN2. The van der Waals surface area contributed by atoms with Gasteiger partial charge in [-0.15, -0.1) is 0 Å². The summed E-state index contributed by atoms with van der Waals surface area (Å²) in [6.07, 6.45) is 3.75. The number of allylic oxidation sites excluding steroid dienone is 1. The van der Waals surface area contributed by atoms with Crippen LogP contribution in [0, 0.1) is 11.3 Å². The first-order chi connectivity index (χ1) is 10.2. The monoisotopic (exact) mass is 356 g/mol. The van der Waals surface area contributed by atoms with Gasteiger partial charge in [0.25, 0.3) is 0 Å². The molecule has 2 nitrogen and oxygen atoms in total. The second-order valence-electron chi connectivity index (χ2n) is 4.58. The zero-order chi connectivity index (χ0) is 14.8. The number of nitrogens with zero attached hydrogens (tertiary/aromatic N) is 1. The average molecular weight is 358 g/mol. The maximum absolute atomic E-state index is 9.43. The number of nitrogens with one attached hydrogen (secondary N) is 1. The Hall–Kier alpha value is -2.02. The quantitative estimate of drug-likeness (QED) is 0.592. The van der Waals surface area contributed by atoms with Crippen LogP contribution < -0.4 is 0 Å². The lowest BCUT2D eigenvalue weighted by Gasteiger charge is -2.02. The lowest BCUT2D eigenvalue weighted by Crippen LogP contribution is -1.83. The summed E-state index contributed by atoms with van der Waals surface area (Å²) in [5.41, 5.74) is 3.27. The van der Waals surface area contributed by atoms with Gasteiger partial charge in [-0.25, -0.2) is 0 Å². The number of nitriles is 1. The van der Waals surface area contributed by atoms with Gasteiger partial charge in [-0.1, -0.05) is 45.7 Å². The first-order valence-electron chi connectivity index (χ1n) is 6.32. The van der Waals surface area contributed by atoms with Gasteiger partial charge in [-0.2, -0.15) is 5.26 Å². The van der Waals surface area contributed by atoms with Crippen LogP contribution in [0.2, 0.25) is 5.02 Å². The summed E-state index contributed by atoms with van der Waals surface area (Å²) in [7, 11) is 0. The molecule has 1 aromatic heterocycles. The number of hydrogen-bond acceptors (Lipinski definition) is 1. The lowest BCUT2D eigenvalue weighted by atomic mass is 10.0. The summed E-state index contributed by atoms with van der Waals surface area (Å²) in [6, 6.07) is 15.6. The minimum absolute atomic E-state index is 0.543. The third-order valence-corrected chi connectivity index (χ3v) is 4.08. The summed E-state index contributed by atoms with van der Waals surface area (Å²) >= 11 is 9.64. The average Bonchev–Trinajstić information content (AvgIpc) is 2.88. The molecule has 3 aromatic rings. The topological polar surface area (TPSA) is 39.6 Å². The molecular weight excluding hydrogens is 348 g/mol. The van der Waals surface area contributed by atoms with Crippen LogP contribution in [0.5, 0.6) is 0 Å². The van der Waals surface area contributed by atoms with Gasteiger partial charge < -0.3 is 4.98 Å². The van der Waals surface area contributed by atoms with Crippen LogP contribution in [0.4, 0.5) is 0 Å². The molecule has 0 saturated heterocycles.